The number of methoxy groups -OCH3 is 2. The van der Waals surface area contributed by atoms with Gasteiger partial charge in [-0.15, -0.1) is 0 Å². The molecule has 0 aliphatic carbocycles. The number of nitrogens with two attached hydrogens (primary N) is 1. The molecular formula is C24H38N2O4. The summed E-state index contributed by atoms with van der Waals surface area (Å²) in [5, 5.41) is 0. The van der Waals surface area contributed by atoms with Crippen LogP contribution in [0, 0.1) is 17.8 Å². The minimum Gasteiger partial charge on any atom is -0.493 e. The van der Waals surface area contributed by atoms with Gasteiger partial charge in [0.25, 0.3) is 0 Å². The minimum absolute atomic E-state index is 0.0103. The Balaban J connectivity index is 2.34. The summed E-state index contributed by atoms with van der Waals surface area (Å²) in [6, 6.07) is -4.28. The lowest BCUT2D eigenvalue weighted by atomic mass is 9.79. The van der Waals surface area contributed by atoms with E-state index in [-0.39, 0.29) is 35.4 Å². The van der Waals surface area contributed by atoms with Crippen molar-refractivity contribution in [3.05, 3.63) is 23.2 Å². The summed E-state index contributed by atoms with van der Waals surface area (Å²) in [5.41, 5.74) is 5.17. The number of nitrogens with zero attached hydrogens (tertiary/aromatic N) is 1. The lowest BCUT2D eigenvalue weighted by Gasteiger charge is -2.47. The van der Waals surface area contributed by atoms with Crippen molar-refractivity contribution < 1.29 is 30.0 Å². The van der Waals surface area contributed by atoms with Gasteiger partial charge < -0.3 is 19.9 Å². The molecule has 1 aromatic carbocycles. The number of esters is 1. The van der Waals surface area contributed by atoms with Gasteiger partial charge >= 0.3 is 5.97 Å². The van der Waals surface area contributed by atoms with Crippen molar-refractivity contribution >= 4 is 5.97 Å². The lowest BCUT2D eigenvalue weighted by molar-refractivity contribution is -0.160. The molecule has 1 aromatic rings. The number of piperidine rings is 1. The average molecular weight is 427 g/mol. The highest BCUT2D eigenvalue weighted by Gasteiger charge is 2.41. The number of fused-ring (bicyclic) bond motifs is 3. The van der Waals surface area contributed by atoms with Crippen LogP contribution < -0.4 is 15.2 Å². The zero-order valence-electron chi connectivity index (χ0n) is 26.6. The maximum atomic E-state index is 13.0. The van der Waals surface area contributed by atoms with Crippen LogP contribution in [0.1, 0.15) is 68.6 Å². The van der Waals surface area contributed by atoms with Crippen molar-refractivity contribution in [1.29, 1.82) is 0 Å². The van der Waals surface area contributed by atoms with E-state index in [1.165, 1.54) is 14.2 Å². The Kier molecular flexibility index (Phi) is 4.56. The van der Waals surface area contributed by atoms with E-state index < -0.39 is 67.0 Å². The predicted molar refractivity (Wildman–Crippen MR) is 118 cm³/mol. The zero-order valence-corrected chi connectivity index (χ0v) is 18.6. The first-order chi connectivity index (χ1) is 17.3. The molecule has 0 amide bonds. The van der Waals surface area contributed by atoms with E-state index in [0.29, 0.717) is 6.42 Å². The third-order valence-electron chi connectivity index (χ3n) is 5.45. The molecule has 3 unspecified atom stereocenters. The minimum atomic E-state index is -2.83. The molecule has 1 fully saturated rings. The predicted octanol–water partition coefficient (Wildman–Crippen LogP) is 3.56. The number of hydrogen-bond acceptors (Lipinski definition) is 6. The Morgan fingerprint density at radius 1 is 1.30 bits per heavy atom. The fourth-order valence-corrected chi connectivity index (χ4v) is 3.72. The second kappa shape index (κ2) is 9.56. The summed E-state index contributed by atoms with van der Waals surface area (Å²) in [7, 11) is 2.47. The Labute approximate surface area is 192 Å². The van der Waals surface area contributed by atoms with Gasteiger partial charge in [-0.3, -0.25) is 9.69 Å². The second-order valence-electron chi connectivity index (χ2n) is 8.52. The average Bonchev–Trinajstić information content (AvgIpc) is 2.79. The summed E-state index contributed by atoms with van der Waals surface area (Å²) in [4.78, 5) is 14.0. The highest BCUT2D eigenvalue weighted by Crippen LogP contribution is 2.44. The van der Waals surface area contributed by atoms with Crippen molar-refractivity contribution in [2.24, 2.45) is 23.5 Å². The summed E-state index contributed by atoms with van der Waals surface area (Å²) >= 11 is 0. The van der Waals surface area contributed by atoms with Gasteiger partial charge in [-0.25, -0.2) is 0 Å². The van der Waals surface area contributed by atoms with Crippen molar-refractivity contribution in [3.63, 3.8) is 0 Å². The van der Waals surface area contributed by atoms with Crippen LogP contribution in [0.2, 0.25) is 0 Å². The Hall–Kier alpha value is -1.79. The molecule has 2 N–H and O–H groups in total. The molecule has 2 aliphatic heterocycles. The third-order valence-corrected chi connectivity index (χ3v) is 5.45. The van der Waals surface area contributed by atoms with E-state index in [1.807, 2.05) is 13.8 Å². The number of carbonyl (C=O) groups is 1. The molecule has 0 aromatic heterocycles. The molecule has 4 atom stereocenters. The fraction of sp³-hybridized carbons (Fsp3) is 0.708. The van der Waals surface area contributed by atoms with E-state index in [1.54, 1.807) is 13.8 Å². The van der Waals surface area contributed by atoms with E-state index in [0.717, 1.165) is 4.90 Å². The first kappa shape index (κ1) is 14.3. The molecule has 0 radical (unpaired) electrons. The van der Waals surface area contributed by atoms with Gasteiger partial charge in [0.1, 0.15) is 12.1 Å². The monoisotopic (exact) mass is 426 g/mol. The second-order valence-corrected chi connectivity index (χ2v) is 8.52. The van der Waals surface area contributed by atoms with Crippen LogP contribution in [0.4, 0.5) is 0 Å². The fourth-order valence-electron chi connectivity index (χ4n) is 3.72. The highest BCUT2D eigenvalue weighted by atomic mass is 16.5. The molecule has 2 aliphatic rings. The Bertz CT molecular complexity index is 1100. The molecule has 1 saturated heterocycles. The van der Waals surface area contributed by atoms with Crippen LogP contribution in [0.25, 0.3) is 0 Å². The van der Waals surface area contributed by atoms with Gasteiger partial charge in [0.2, 0.25) is 0 Å². The van der Waals surface area contributed by atoms with Gasteiger partial charge in [-0.2, -0.15) is 0 Å². The quantitative estimate of drug-likeness (QED) is 0.672. The molecule has 0 spiro atoms. The van der Waals surface area contributed by atoms with E-state index in [9.17, 15) is 7.54 Å². The molecule has 0 bridgehead atoms. The number of rotatable bonds is 7. The Morgan fingerprint density at radius 2 is 1.97 bits per heavy atom. The first-order valence-corrected chi connectivity index (χ1v) is 10.3. The highest BCUT2D eigenvalue weighted by molar-refractivity contribution is 5.76. The van der Waals surface area contributed by atoms with Gasteiger partial charge in [-0.1, -0.05) is 27.7 Å². The summed E-state index contributed by atoms with van der Waals surface area (Å²) in [5.74, 6) is -2.35. The van der Waals surface area contributed by atoms with Crippen molar-refractivity contribution in [2.75, 3.05) is 27.3 Å². The summed E-state index contributed by atoms with van der Waals surface area (Å²) < 4.78 is 88.0. The SMILES string of the molecule is [2H]c1c(OC)c(OC)c([2H])c2c1C1([2H])CC([2H])(OC(=O)[C@@H](N)C(C)C)C(CC(C)C)CN1C([2H])([2H])C2([2H])[2H]. The van der Waals surface area contributed by atoms with Crippen molar-refractivity contribution in [3.8, 4) is 11.5 Å². The van der Waals surface area contributed by atoms with E-state index >= 15 is 0 Å². The summed E-state index contributed by atoms with van der Waals surface area (Å²) in [6.45, 7) is 4.14. The van der Waals surface area contributed by atoms with Crippen LogP contribution >= 0.6 is 0 Å². The zero-order chi connectivity index (χ0) is 29.2. The van der Waals surface area contributed by atoms with Crippen LogP contribution in [0.3, 0.4) is 0 Å². The maximum absolute atomic E-state index is 13.0. The molecule has 168 valence electrons. The lowest BCUT2D eigenvalue weighted by Crippen LogP contribution is -2.51. The molecule has 3 rings (SSSR count). The van der Waals surface area contributed by atoms with Gasteiger partial charge in [0.15, 0.2) is 11.5 Å². The molecule has 30 heavy (non-hydrogen) atoms. The number of hydrogen-bond donors (Lipinski definition) is 1. The van der Waals surface area contributed by atoms with Crippen LogP contribution in [-0.2, 0) is 15.9 Å². The normalized spacial score (nSPS) is 37.0. The standard InChI is InChI=1S/C24H38N2O4/c1-14(2)9-17-13-26-8-7-16-10-21(28-5)22(29-6)11-18(16)19(26)12-20(17)30-24(27)23(25)15(3)4/h10-11,14-15,17,19-20,23H,7-9,12-13,25H2,1-6H3/t17?,19?,20?,23-/m0/s1/i7D2,8D2,10D,11D,19D,20D. The van der Waals surface area contributed by atoms with Gasteiger partial charge in [-0.05, 0) is 47.8 Å². The Morgan fingerprint density at radius 3 is 2.57 bits per heavy atom. The van der Waals surface area contributed by atoms with E-state index in [2.05, 4.69) is 0 Å². The number of ether oxygens (including phenoxy) is 3. The molecule has 2 heterocycles. The maximum Gasteiger partial charge on any atom is 0.323 e. The largest absolute Gasteiger partial charge is 0.493 e. The van der Waals surface area contributed by atoms with Gasteiger partial charge in [0.05, 0.1) is 19.7 Å². The van der Waals surface area contributed by atoms with Crippen LogP contribution in [0.15, 0.2) is 12.1 Å². The van der Waals surface area contributed by atoms with Crippen LogP contribution in [-0.4, -0.2) is 50.3 Å². The molecule has 6 nitrogen and oxygen atoms in total. The van der Waals surface area contributed by atoms with Crippen molar-refractivity contribution in [1.82, 2.24) is 4.90 Å². The number of benzene rings is 1. The van der Waals surface area contributed by atoms with Crippen molar-refractivity contribution in [2.45, 2.75) is 65.0 Å². The smallest absolute Gasteiger partial charge is 0.323 e. The third kappa shape index (κ3) is 4.75. The molecule has 6 heteroatoms. The molecular weight excluding hydrogens is 380 g/mol. The van der Waals surface area contributed by atoms with Crippen LogP contribution in [0.5, 0.6) is 11.5 Å². The first-order valence-electron chi connectivity index (χ1n) is 14.3. The van der Waals surface area contributed by atoms with E-state index in [4.69, 9.17) is 28.2 Å². The molecule has 0 saturated carbocycles. The number of carbonyl (C=O) groups excluding carboxylic acids is 1. The topological polar surface area (TPSA) is 74.0 Å². The summed E-state index contributed by atoms with van der Waals surface area (Å²) in [6.07, 6.45) is -5.14. The van der Waals surface area contributed by atoms with Gasteiger partial charge in [0, 0.05) is 36.9 Å².